The summed E-state index contributed by atoms with van der Waals surface area (Å²) in [4.78, 5) is 15.1. The second-order valence-corrected chi connectivity index (χ2v) is 7.06. The van der Waals surface area contributed by atoms with E-state index < -0.39 is 0 Å². The van der Waals surface area contributed by atoms with Gasteiger partial charge >= 0.3 is 0 Å². The number of rotatable bonds is 2. The molecule has 102 valence electrons. The predicted octanol–water partition coefficient (Wildman–Crippen LogP) is 2.16. The minimum Gasteiger partial charge on any atom is -0.333 e. The molecule has 0 bridgehead atoms. The molecule has 0 aromatic carbocycles. The quantitative estimate of drug-likeness (QED) is 0.814. The number of fused-ring (bicyclic) bond motifs is 1. The van der Waals surface area contributed by atoms with Gasteiger partial charge in [0.1, 0.15) is 0 Å². The number of nitrogens with one attached hydrogen (secondary N) is 1. The van der Waals surface area contributed by atoms with E-state index in [4.69, 9.17) is 0 Å². The lowest BCUT2D eigenvalue weighted by atomic mass is 9.94. The summed E-state index contributed by atoms with van der Waals surface area (Å²) in [7, 11) is 1.92. The lowest BCUT2D eigenvalue weighted by molar-refractivity contribution is -0.141. The fourth-order valence-corrected chi connectivity index (χ4v) is 4.32. The van der Waals surface area contributed by atoms with Gasteiger partial charge in [0.15, 0.2) is 0 Å². The predicted molar refractivity (Wildman–Crippen MR) is 72.2 cm³/mol. The van der Waals surface area contributed by atoms with E-state index in [2.05, 4.69) is 24.1 Å². The van der Waals surface area contributed by atoms with Crippen LogP contribution in [0.4, 0.5) is 0 Å². The first-order chi connectivity index (χ1) is 8.54. The minimum absolute atomic E-state index is 0.0459. The topological polar surface area (TPSA) is 32.3 Å². The van der Waals surface area contributed by atoms with Crippen molar-refractivity contribution < 1.29 is 4.79 Å². The third-order valence-corrected chi connectivity index (χ3v) is 5.45. The van der Waals surface area contributed by atoms with Gasteiger partial charge in [-0.25, -0.2) is 0 Å². The first kappa shape index (κ1) is 12.5. The molecule has 4 atom stereocenters. The Labute approximate surface area is 110 Å². The molecule has 18 heavy (non-hydrogen) atoms. The Kier molecular flexibility index (Phi) is 2.92. The molecule has 3 heteroatoms. The van der Waals surface area contributed by atoms with Crippen LogP contribution in [-0.4, -0.2) is 35.5 Å². The van der Waals surface area contributed by atoms with Crippen molar-refractivity contribution >= 4 is 5.91 Å². The Morgan fingerprint density at radius 2 is 2.06 bits per heavy atom. The standard InChI is InChI=1S/C15H26N2O/c1-15(2)8-4-5-12(16-3)14(18)17(15)13-7-6-10-9-11(10)13/h10-13,16H,4-9H2,1-3H3. The lowest BCUT2D eigenvalue weighted by Gasteiger charge is -2.43. The van der Waals surface area contributed by atoms with Gasteiger partial charge in [-0.3, -0.25) is 4.79 Å². The fourth-order valence-electron chi connectivity index (χ4n) is 4.32. The maximum Gasteiger partial charge on any atom is 0.240 e. The van der Waals surface area contributed by atoms with Crippen molar-refractivity contribution in [1.82, 2.24) is 10.2 Å². The lowest BCUT2D eigenvalue weighted by Crippen LogP contribution is -2.56. The smallest absolute Gasteiger partial charge is 0.240 e. The number of likely N-dealkylation sites (N-methyl/N-ethyl adjacent to an activating group) is 1. The largest absolute Gasteiger partial charge is 0.333 e. The SMILES string of the molecule is CNC1CCCC(C)(C)N(C2CCC3CC32)C1=O. The van der Waals surface area contributed by atoms with Gasteiger partial charge in [-0.1, -0.05) is 0 Å². The Morgan fingerprint density at radius 3 is 2.61 bits per heavy atom. The molecule has 1 heterocycles. The number of amides is 1. The molecule has 0 radical (unpaired) electrons. The molecule has 3 nitrogen and oxygen atoms in total. The van der Waals surface area contributed by atoms with Crippen LogP contribution in [-0.2, 0) is 4.79 Å². The van der Waals surface area contributed by atoms with Gasteiger partial charge in [0.25, 0.3) is 0 Å². The third-order valence-electron chi connectivity index (χ3n) is 5.45. The highest BCUT2D eigenvalue weighted by Crippen LogP contribution is 2.55. The number of hydrogen-bond donors (Lipinski definition) is 1. The molecule has 4 unspecified atom stereocenters. The van der Waals surface area contributed by atoms with Crippen LogP contribution < -0.4 is 5.32 Å². The highest BCUT2D eigenvalue weighted by atomic mass is 16.2. The van der Waals surface area contributed by atoms with E-state index in [0.717, 1.165) is 31.1 Å². The van der Waals surface area contributed by atoms with Gasteiger partial charge in [0, 0.05) is 11.6 Å². The van der Waals surface area contributed by atoms with Gasteiger partial charge in [-0.05, 0) is 71.3 Å². The van der Waals surface area contributed by atoms with Crippen molar-refractivity contribution in [1.29, 1.82) is 0 Å². The van der Waals surface area contributed by atoms with Gasteiger partial charge < -0.3 is 10.2 Å². The van der Waals surface area contributed by atoms with Crippen molar-refractivity contribution in [2.45, 2.75) is 70.0 Å². The summed E-state index contributed by atoms with van der Waals surface area (Å²) in [6.45, 7) is 4.53. The third kappa shape index (κ3) is 1.87. The van der Waals surface area contributed by atoms with Crippen molar-refractivity contribution in [3.63, 3.8) is 0 Å². The summed E-state index contributed by atoms with van der Waals surface area (Å²) >= 11 is 0. The van der Waals surface area contributed by atoms with E-state index in [1.165, 1.54) is 19.3 Å². The number of likely N-dealkylation sites (tertiary alicyclic amines) is 1. The first-order valence-electron chi connectivity index (χ1n) is 7.55. The molecule has 0 spiro atoms. The summed E-state index contributed by atoms with van der Waals surface area (Å²) in [6.07, 6.45) is 7.25. The molecule has 3 rings (SSSR count). The zero-order chi connectivity index (χ0) is 12.9. The van der Waals surface area contributed by atoms with Gasteiger partial charge in [-0.2, -0.15) is 0 Å². The van der Waals surface area contributed by atoms with E-state index in [1.807, 2.05) is 7.05 Å². The van der Waals surface area contributed by atoms with E-state index in [-0.39, 0.29) is 11.6 Å². The number of nitrogens with zero attached hydrogens (tertiary/aromatic N) is 1. The monoisotopic (exact) mass is 250 g/mol. The molecular weight excluding hydrogens is 224 g/mol. The Morgan fingerprint density at radius 1 is 1.28 bits per heavy atom. The summed E-state index contributed by atoms with van der Waals surface area (Å²) in [5.74, 6) is 2.12. The highest BCUT2D eigenvalue weighted by Gasteiger charge is 2.54. The van der Waals surface area contributed by atoms with Gasteiger partial charge in [0.2, 0.25) is 5.91 Å². The van der Waals surface area contributed by atoms with Crippen LogP contribution in [0.15, 0.2) is 0 Å². The second kappa shape index (κ2) is 4.22. The van der Waals surface area contributed by atoms with E-state index in [0.29, 0.717) is 11.9 Å². The first-order valence-corrected chi connectivity index (χ1v) is 7.55. The molecule has 2 saturated carbocycles. The maximum atomic E-state index is 12.8. The molecule has 2 aliphatic carbocycles. The summed E-state index contributed by atoms with van der Waals surface area (Å²) in [5.41, 5.74) is 0.0465. The van der Waals surface area contributed by atoms with Crippen molar-refractivity contribution in [3.8, 4) is 0 Å². The van der Waals surface area contributed by atoms with Crippen molar-refractivity contribution in [3.05, 3.63) is 0 Å². The molecular formula is C15H26N2O. The molecule has 1 saturated heterocycles. The van der Waals surface area contributed by atoms with Crippen LogP contribution in [0.5, 0.6) is 0 Å². The summed E-state index contributed by atoms with van der Waals surface area (Å²) < 4.78 is 0. The Hall–Kier alpha value is -0.570. The van der Waals surface area contributed by atoms with Crippen LogP contribution in [0.3, 0.4) is 0 Å². The van der Waals surface area contributed by atoms with Crippen LogP contribution in [0.1, 0.15) is 52.4 Å². The van der Waals surface area contributed by atoms with Crippen LogP contribution >= 0.6 is 0 Å². The van der Waals surface area contributed by atoms with Crippen molar-refractivity contribution in [2.75, 3.05) is 7.05 Å². The Bertz CT molecular complexity index is 352. The zero-order valence-corrected chi connectivity index (χ0v) is 11.9. The number of carbonyl (C=O) groups excluding carboxylic acids is 1. The summed E-state index contributed by atoms with van der Waals surface area (Å²) in [6, 6.07) is 0.580. The molecule has 3 aliphatic rings. The molecule has 1 N–H and O–H groups in total. The zero-order valence-electron chi connectivity index (χ0n) is 11.9. The van der Waals surface area contributed by atoms with Crippen molar-refractivity contribution in [2.24, 2.45) is 11.8 Å². The minimum atomic E-state index is 0.0459. The number of carbonyl (C=O) groups is 1. The van der Waals surface area contributed by atoms with E-state index >= 15 is 0 Å². The normalized spacial score (nSPS) is 42.6. The molecule has 0 aromatic heterocycles. The van der Waals surface area contributed by atoms with Crippen LogP contribution in [0.2, 0.25) is 0 Å². The molecule has 0 aromatic rings. The van der Waals surface area contributed by atoms with E-state index in [9.17, 15) is 4.79 Å². The average molecular weight is 250 g/mol. The van der Waals surface area contributed by atoms with E-state index in [1.54, 1.807) is 0 Å². The maximum absolute atomic E-state index is 12.8. The average Bonchev–Trinajstić information content (AvgIpc) is 3.01. The Balaban J connectivity index is 1.87. The van der Waals surface area contributed by atoms with Crippen LogP contribution in [0.25, 0.3) is 0 Å². The van der Waals surface area contributed by atoms with Gasteiger partial charge in [-0.15, -0.1) is 0 Å². The highest BCUT2D eigenvalue weighted by molar-refractivity contribution is 5.83. The van der Waals surface area contributed by atoms with Crippen LogP contribution in [0, 0.1) is 11.8 Å². The summed E-state index contributed by atoms with van der Waals surface area (Å²) in [5, 5.41) is 3.22. The fraction of sp³-hybridized carbons (Fsp3) is 0.933. The number of hydrogen-bond acceptors (Lipinski definition) is 2. The molecule has 1 aliphatic heterocycles. The van der Waals surface area contributed by atoms with Gasteiger partial charge in [0.05, 0.1) is 6.04 Å². The molecule has 3 fully saturated rings. The molecule has 1 amide bonds. The second-order valence-electron chi connectivity index (χ2n) is 7.06.